The third-order valence-electron chi connectivity index (χ3n) is 4.41. The van der Waals surface area contributed by atoms with E-state index >= 15 is 0 Å². The van der Waals surface area contributed by atoms with E-state index < -0.39 is 0 Å². The Balaban J connectivity index is 2.18. The van der Waals surface area contributed by atoms with Gasteiger partial charge >= 0.3 is 5.97 Å². The molecule has 2 nitrogen and oxygen atoms in total. The maximum atomic E-state index is 12.3. The van der Waals surface area contributed by atoms with E-state index in [9.17, 15) is 4.79 Å². The first-order valence-electron chi connectivity index (χ1n) is 8.58. The minimum absolute atomic E-state index is 0.188. The zero-order valence-electron chi connectivity index (χ0n) is 15.6. The zero-order valence-corrected chi connectivity index (χ0v) is 15.6. The summed E-state index contributed by atoms with van der Waals surface area (Å²) < 4.78 is 5.52. The van der Waals surface area contributed by atoms with Gasteiger partial charge in [-0.3, -0.25) is 0 Å². The molecule has 2 aromatic carbocycles. The molecule has 0 bridgehead atoms. The second-order valence-corrected chi connectivity index (χ2v) is 7.86. The van der Waals surface area contributed by atoms with Crippen molar-refractivity contribution in [1.29, 1.82) is 0 Å². The number of rotatable bonds is 4. The number of carbonyl (C=O) groups excluding carboxylic acids is 1. The van der Waals surface area contributed by atoms with E-state index in [4.69, 9.17) is 4.74 Å². The van der Waals surface area contributed by atoms with Crippen molar-refractivity contribution >= 4 is 5.97 Å². The molecule has 0 aliphatic rings. The number of carbonyl (C=O) groups is 1. The normalized spacial score (nSPS) is 13.0. The van der Waals surface area contributed by atoms with Gasteiger partial charge in [0.25, 0.3) is 0 Å². The summed E-state index contributed by atoms with van der Waals surface area (Å²) in [6, 6.07) is 15.4. The number of benzene rings is 2. The molecule has 0 heterocycles. The monoisotopic (exact) mass is 324 g/mol. The van der Waals surface area contributed by atoms with Gasteiger partial charge in [-0.25, -0.2) is 4.79 Å². The van der Waals surface area contributed by atoms with E-state index in [1.807, 2.05) is 37.3 Å². The lowest BCUT2D eigenvalue weighted by Gasteiger charge is -2.34. The highest BCUT2D eigenvalue weighted by Crippen LogP contribution is 2.40. The first-order chi connectivity index (χ1) is 11.2. The van der Waals surface area contributed by atoms with Crippen LogP contribution in [0.15, 0.2) is 48.5 Å². The van der Waals surface area contributed by atoms with Crippen molar-refractivity contribution < 1.29 is 9.53 Å². The average molecular weight is 324 g/mol. The molecule has 128 valence electrons. The van der Waals surface area contributed by atoms with Crippen molar-refractivity contribution in [3.63, 3.8) is 0 Å². The summed E-state index contributed by atoms with van der Waals surface area (Å²) in [4.78, 5) is 12.3. The Morgan fingerprint density at radius 3 is 2.04 bits per heavy atom. The Bertz CT molecular complexity index is 691. The molecule has 2 heteroatoms. The van der Waals surface area contributed by atoms with E-state index in [0.717, 1.165) is 5.56 Å². The largest absolute Gasteiger partial charge is 0.423 e. The summed E-state index contributed by atoms with van der Waals surface area (Å²) in [6.45, 7) is 13.2. The van der Waals surface area contributed by atoms with Crippen LogP contribution >= 0.6 is 0 Å². The zero-order chi connectivity index (χ0) is 17.9. The fourth-order valence-corrected chi connectivity index (χ4v) is 3.59. The molecule has 0 amide bonds. The molecule has 0 N–H and O–H groups in total. The van der Waals surface area contributed by atoms with Crippen molar-refractivity contribution in [2.75, 3.05) is 0 Å². The van der Waals surface area contributed by atoms with Crippen LogP contribution in [0.4, 0.5) is 0 Å². The van der Waals surface area contributed by atoms with E-state index in [2.05, 4.69) is 46.8 Å². The first-order valence-corrected chi connectivity index (χ1v) is 8.58. The third kappa shape index (κ3) is 4.25. The topological polar surface area (TPSA) is 26.3 Å². The van der Waals surface area contributed by atoms with Crippen LogP contribution in [-0.2, 0) is 0 Å². The van der Waals surface area contributed by atoms with Crippen molar-refractivity contribution in [1.82, 2.24) is 0 Å². The van der Waals surface area contributed by atoms with Gasteiger partial charge in [0.05, 0.1) is 5.56 Å². The predicted molar refractivity (Wildman–Crippen MR) is 99.6 cm³/mol. The minimum atomic E-state index is -0.308. The summed E-state index contributed by atoms with van der Waals surface area (Å²) in [5.74, 6) is 1.28. The fourth-order valence-electron chi connectivity index (χ4n) is 3.59. The smallest absolute Gasteiger partial charge is 0.343 e. The number of hydrogen-bond donors (Lipinski definition) is 0. The summed E-state index contributed by atoms with van der Waals surface area (Å²) >= 11 is 0. The molecule has 0 radical (unpaired) electrons. The molecular weight excluding hydrogens is 296 g/mol. The van der Waals surface area contributed by atoms with Gasteiger partial charge in [-0.05, 0) is 53.5 Å². The molecule has 2 rings (SSSR count). The van der Waals surface area contributed by atoms with Gasteiger partial charge in [-0.2, -0.15) is 0 Å². The Labute approximate surface area is 145 Å². The molecule has 0 saturated carbocycles. The molecule has 0 fully saturated rings. The van der Waals surface area contributed by atoms with E-state index in [1.54, 1.807) is 6.07 Å². The first kappa shape index (κ1) is 18.3. The Kier molecular flexibility index (Phi) is 5.48. The lowest BCUT2D eigenvalue weighted by Crippen LogP contribution is -2.23. The Hall–Kier alpha value is -2.09. The van der Waals surface area contributed by atoms with Crippen molar-refractivity contribution in [2.45, 2.75) is 47.5 Å². The Morgan fingerprint density at radius 1 is 0.958 bits per heavy atom. The molecule has 1 unspecified atom stereocenters. The number of ether oxygens (including phenoxy) is 1. The summed E-state index contributed by atoms with van der Waals surface area (Å²) in [6.07, 6.45) is 0. The summed E-state index contributed by atoms with van der Waals surface area (Å²) in [5.41, 5.74) is 3.00. The van der Waals surface area contributed by atoms with Crippen LogP contribution in [0.3, 0.4) is 0 Å². The van der Waals surface area contributed by atoms with E-state index in [-0.39, 0.29) is 11.4 Å². The molecule has 0 saturated heterocycles. The molecule has 1 atom stereocenters. The highest BCUT2D eigenvalue weighted by atomic mass is 16.5. The number of aryl methyl sites for hydroxylation is 1. The predicted octanol–water partition coefficient (Wildman–Crippen LogP) is 6.00. The van der Waals surface area contributed by atoms with Gasteiger partial charge in [-0.1, -0.05) is 65.0 Å². The van der Waals surface area contributed by atoms with Gasteiger partial charge < -0.3 is 4.74 Å². The highest BCUT2D eigenvalue weighted by molar-refractivity contribution is 5.92. The SMILES string of the molecule is Cc1ccccc1C(=O)Oc1ccc(C(C(C)C)C(C)(C)C)cc1. The van der Waals surface area contributed by atoms with Crippen molar-refractivity contribution in [3.8, 4) is 5.75 Å². The van der Waals surface area contributed by atoms with Crippen LogP contribution < -0.4 is 4.74 Å². The van der Waals surface area contributed by atoms with Crippen LogP contribution in [0.1, 0.15) is 62.0 Å². The third-order valence-corrected chi connectivity index (χ3v) is 4.41. The second-order valence-electron chi connectivity index (χ2n) is 7.86. The van der Waals surface area contributed by atoms with Gasteiger partial charge in [0.1, 0.15) is 5.75 Å². The molecule has 0 aliphatic heterocycles. The summed E-state index contributed by atoms with van der Waals surface area (Å²) in [7, 11) is 0. The van der Waals surface area contributed by atoms with Crippen molar-refractivity contribution in [3.05, 3.63) is 65.2 Å². The molecule has 0 aromatic heterocycles. The molecule has 0 spiro atoms. The fraction of sp³-hybridized carbons (Fsp3) is 0.409. The van der Waals surface area contributed by atoms with Crippen molar-refractivity contribution in [2.24, 2.45) is 11.3 Å². The summed E-state index contributed by atoms with van der Waals surface area (Å²) in [5, 5.41) is 0. The van der Waals surface area contributed by atoms with Crippen LogP contribution in [-0.4, -0.2) is 5.97 Å². The molecule has 0 aliphatic carbocycles. The maximum absolute atomic E-state index is 12.3. The van der Waals surface area contributed by atoms with Crippen LogP contribution in [0, 0.1) is 18.3 Å². The molecular formula is C22H28O2. The molecule has 2 aromatic rings. The van der Waals surface area contributed by atoms with Gasteiger partial charge in [0.15, 0.2) is 0 Å². The van der Waals surface area contributed by atoms with Crippen LogP contribution in [0.25, 0.3) is 0 Å². The van der Waals surface area contributed by atoms with Crippen LogP contribution in [0.2, 0.25) is 0 Å². The second kappa shape index (κ2) is 7.21. The van der Waals surface area contributed by atoms with Gasteiger partial charge in [0, 0.05) is 0 Å². The lowest BCUT2D eigenvalue weighted by atomic mass is 9.70. The highest BCUT2D eigenvalue weighted by Gasteiger charge is 2.28. The minimum Gasteiger partial charge on any atom is -0.423 e. The quantitative estimate of drug-likeness (QED) is 0.509. The van der Waals surface area contributed by atoms with Gasteiger partial charge in [0.2, 0.25) is 0 Å². The number of esters is 1. The average Bonchev–Trinajstić information content (AvgIpc) is 2.47. The standard InChI is InChI=1S/C22H28O2/c1-15(2)20(22(4,5)6)17-11-13-18(14-12-17)24-21(23)19-10-8-7-9-16(19)3/h7-15,20H,1-6H3. The maximum Gasteiger partial charge on any atom is 0.343 e. The lowest BCUT2D eigenvalue weighted by molar-refractivity contribution is 0.0734. The van der Waals surface area contributed by atoms with E-state index in [1.165, 1.54) is 5.56 Å². The Morgan fingerprint density at radius 2 is 1.54 bits per heavy atom. The molecule has 24 heavy (non-hydrogen) atoms. The van der Waals surface area contributed by atoms with Crippen LogP contribution in [0.5, 0.6) is 5.75 Å². The van der Waals surface area contributed by atoms with Gasteiger partial charge in [-0.15, -0.1) is 0 Å². The van der Waals surface area contributed by atoms with E-state index in [0.29, 0.717) is 23.1 Å². The number of hydrogen-bond acceptors (Lipinski definition) is 2.